The van der Waals surface area contributed by atoms with Crippen LogP contribution in [0.2, 0.25) is 0 Å². The Bertz CT molecular complexity index is 1310. The molecule has 2 heterocycles. The maximum atomic E-state index is 11.3. The van der Waals surface area contributed by atoms with E-state index in [1.54, 1.807) is 6.92 Å². The summed E-state index contributed by atoms with van der Waals surface area (Å²) in [4.78, 5) is 0. The van der Waals surface area contributed by atoms with Gasteiger partial charge >= 0.3 is 0 Å². The van der Waals surface area contributed by atoms with Gasteiger partial charge in [-0.05, 0) is 123 Å². The Balaban J connectivity index is 1.24. The summed E-state index contributed by atoms with van der Waals surface area (Å²) in [5.41, 5.74) is -0.165. The summed E-state index contributed by atoms with van der Waals surface area (Å²) in [6.45, 7) is 19.2. The van der Waals surface area contributed by atoms with Gasteiger partial charge in [-0.15, -0.1) is 0 Å². The zero-order valence-corrected chi connectivity index (χ0v) is 33.1. The highest BCUT2D eigenvalue weighted by Gasteiger charge is 2.70. The Morgan fingerprint density at radius 1 is 0.792 bits per heavy atom. The van der Waals surface area contributed by atoms with Gasteiger partial charge in [0, 0.05) is 0 Å². The van der Waals surface area contributed by atoms with E-state index in [9.17, 15) is 40.9 Å². The maximum absolute atomic E-state index is 11.3. The second-order valence-corrected chi connectivity index (χ2v) is 19.6. The molecular weight excluding hydrogens is 684 g/mol. The molecular formula is C41H70O12. The minimum absolute atomic E-state index is 0.00343. The summed E-state index contributed by atoms with van der Waals surface area (Å²) in [5, 5.41) is 85.5. The molecule has 6 aliphatic rings. The lowest BCUT2D eigenvalue weighted by molar-refractivity contribution is -0.344. The van der Waals surface area contributed by atoms with Crippen LogP contribution in [0.3, 0.4) is 0 Å². The summed E-state index contributed by atoms with van der Waals surface area (Å²) in [6.07, 6.45) is -5.04. The first-order valence-electron chi connectivity index (χ1n) is 20.3. The van der Waals surface area contributed by atoms with Gasteiger partial charge in [0.1, 0.15) is 42.7 Å². The molecule has 0 radical (unpaired) electrons. The van der Waals surface area contributed by atoms with Crippen molar-refractivity contribution in [2.45, 2.75) is 186 Å². The molecule has 12 nitrogen and oxygen atoms in total. The van der Waals surface area contributed by atoms with Crippen LogP contribution in [0.25, 0.3) is 0 Å². The molecule has 0 aromatic rings. The van der Waals surface area contributed by atoms with Gasteiger partial charge in [-0.3, -0.25) is 0 Å². The van der Waals surface area contributed by atoms with Crippen LogP contribution in [0.5, 0.6) is 0 Å². The highest BCUT2D eigenvalue weighted by atomic mass is 16.7. The van der Waals surface area contributed by atoms with Crippen molar-refractivity contribution < 1.29 is 59.8 Å². The molecule has 12 heteroatoms. The first kappa shape index (κ1) is 41.9. The number of aliphatic hydroxyl groups is 8. The summed E-state index contributed by atoms with van der Waals surface area (Å²) < 4.78 is 24.1. The van der Waals surface area contributed by atoms with E-state index < -0.39 is 67.0 Å². The third-order valence-electron chi connectivity index (χ3n) is 16.6. The Hall–Kier alpha value is -0.740. The topological polar surface area (TPSA) is 199 Å². The number of hydrogen-bond donors (Lipinski definition) is 8. The molecule has 10 unspecified atom stereocenters. The number of ether oxygens (including phenoxy) is 4. The first-order valence-corrected chi connectivity index (χ1v) is 20.3. The Morgan fingerprint density at radius 3 is 2.13 bits per heavy atom. The molecule has 2 saturated heterocycles. The van der Waals surface area contributed by atoms with Crippen LogP contribution in [-0.4, -0.2) is 127 Å². The van der Waals surface area contributed by atoms with Crippen LogP contribution in [0.4, 0.5) is 0 Å². The van der Waals surface area contributed by atoms with E-state index in [0.29, 0.717) is 36.2 Å². The largest absolute Gasteiger partial charge is 0.393 e. The van der Waals surface area contributed by atoms with Gasteiger partial charge in [0.25, 0.3) is 0 Å². The van der Waals surface area contributed by atoms with Gasteiger partial charge in [0.05, 0.1) is 31.0 Å². The fourth-order valence-electron chi connectivity index (χ4n) is 13.0. The van der Waals surface area contributed by atoms with Crippen LogP contribution < -0.4 is 0 Å². The molecule has 53 heavy (non-hydrogen) atoms. The van der Waals surface area contributed by atoms with Crippen LogP contribution >= 0.6 is 0 Å². The monoisotopic (exact) mass is 754 g/mol. The van der Waals surface area contributed by atoms with E-state index in [1.807, 2.05) is 6.92 Å². The SMILES string of the molecule is C=C(C)C(O)CCC(C)(O[C@@H]1O[C@H](CO[C@H]2OC[C@@H](O)[C@H](O)[C@H]2O)[C@@H](O)[C@H](O)[C@H]1O)C1CCC2(C)C1CCC1C3(C)CCC(O)C(C)(C)C3CCC12C. The van der Waals surface area contributed by atoms with Gasteiger partial charge in [0.2, 0.25) is 0 Å². The zero-order chi connectivity index (χ0) is 39.1. The van der Waals surface area contributed by atoms with Crippen molar-refractivity contribution in [1.82, 2.24) is 0 Å². The molecule has 0 bridgehead atoms. The van der Waals surface area contributed by atoms with Crippen molar-refractivity contribution in [2.75, 3.05) is 13.2 Å². The highest BCUT2D eigenvalue weighted by molar-refractivity contribution is 5.18. The smallest absolute Gasteiger partial charge is 0.187 e. The molecule has 2 aliphatic heterocycles. The van der Waals surface area contributed by atoms with Gasteiger partial charge < -0.3 is 59.8 Å². The predicted octanol–water partition coefficient (Wildman–Crippen LogP) is 2.79. The van der Waals surface area contributed by atoms with Gasteiger partial charge in [-0.2, -0.15) is 0 Å². The lowest BCUT2D eigenvalue weighted by Gasteiger charge is -2.70. The molecule has 4 saturated carbocycles. The molecule has 0 aromatic carbocycles. The van der Waals surface area contributed by atoms with E-state index in [0.717, 1.165) is 51.4 Å². The maximum Gasteiger partial charge on any atom is 0.187 e. The third kappa shape index (κ3) is 6.90. The fraction of sp³-hybridized carbons (Fsp3) is 0.951. The minimum atomic E-state index is -1.63. The van der Waals surface area contributed by atoms with E-state index in [2.05, 4.69) is 41.2 Å². The lowest BCUT2D eigenvalue weighted by atomic mass is 9.35. The Kier molecular flexibility index (Phi) is 11.8. The van der Waals surface area contributed by atoms with Crippen molar-refractivity contribution in [1.29, 1.82) is 0 Å². The average Bonchev–Trinajstić information content (AvgIpc) is 3.47. The molecule has 306 valence electrons. The molecule has 4 aliphatic carbocycles. The molecule has 19 atom stereocenters. The van der Waals surface area contributed by atoms with Crippen molar-refractivity contribution in [3.05, 3.63) is 12.2 Å². The van der Waals surface area contributed by atoms with Gasteiger partial charge in [-0.25, -0.2) is 0 Å². The molecule has 0 aromatic heterocycles. The zero-order valence-electron chi connectivity index (χ0n) is 33.1. The highest BCUT2D eigenvalue weighted by Crippen LogP contribution is 2.76. The molecule has 6 fully saturated rings. The summed E-state index contributed by atoms with van der Waals surface area (Å²) in [5.74, 6) is 1.32. The summed E-state index contributed by atoms with van der Waals surface area (Å²) in [6, 6.07) is 0. The quantitative estimate of drug-likeness (QED) is 0.152. The number of aliphatic hydroxyl groups excluding tert-OH is 8. The van der Waals surface area contributed by atoms with Crippen molar-refractivity contribution >= 4 is 0 Å². The second kappa shape index (κ2) is 14.9. The van der Waals surface area contributed by atoms with Crippen LogP contribution in [0.1, 0.15) is 113 Å². The van der Waals surface area contributed by atoms with Crippen molar-refractivity contribution in [3.63, 3.8) is 0 Å². The summed E-state index contributed by atoms with van der Waals surface area (Å²) >= 11 is 0. The normalized spacial score (nSPS) is 51.4. The molecule has 0 amide bonds. The van der Waals surface area contributed by atoms with Gasteiger partial charge in [-0.1, -0.05) is 46.8 Å². The van der Waals surface area contributed by atoms with Crippen LogP contribution in [0, 0.1) is 45.3 Å². The van der Waals surface area contributed by atoms with Crippen LogP contribution in [-0.2, 0) is 18.9 Å². The molecule has 8 N–H and O–H groups in total. The van der Waals surface area contributed by atoms with E-state index in [1.165, 1.54) is 0 Å². The van der Waals surface area contributed by atoms with Crippen molar-refractivity contribution in [2.24, 2.45) is 45.3 Å². The standard InChI is InChI=1S/C41H70O12/c1-21(2)24(42)12-18-41(8,53-36-34(49)32(47)31(46)26(52-36)20-51-35-33(48)30(45)25(43)19-50-35)23-11-16-39(6)22(23)9-10-28-38(5)15-14-29(44)37(3,4)27(38)13-17-40(28,39)7/h22-36,42-49H,1,9-20H2,2-8H3/t22?,23?,24?,25-,26-,27?,28?,29?,30+,31-,32+,33-,34-,35-,36+,38?,39?,40?,41?/m1/s1. The average molecular weight is 755 g/mol. The number of hydrogen-bond acceptors (Lipinski definition) is 12. The van der Waals surface area contributed by atoms with E-state index >= 15 is 0 Å². The van der Waals surface area contributed by atoms with E-state index in [-0.39, 0.29) is 46.9 Å². The van der Waals surface area contributed by atoms with Crippen LogP contribution in [0.15, 0.2) is 12.2 Å². The number of rotatable bonds is 10. The molecule has 6 rings (SSSR count). The second-order valence-electron chi connectivity index (χ2n) is 19.6. The van der Waals surface area contributed by atoms with Crippen molar-refractivity contribution in [3.8, 4) is 0 Å². The number of fused-ring (bicyclic) bond motifs is 5. The Morgan fingerprint density at radius 2 is 1.45 bits per heavy atom. The Labute approximate surface area is 315 Å². The molecule has 0 spiro atoms. The fourth-order valence-corrected chi connectivity index (χ4v) is 13.0. The summed E-state index contributed by atoms with van der Waals surface area (Å²) in [7, 11) is 0. The minimum Gasteiger partial charge on any atom is -0.393 e. The lowest BCUT2D eigenvalue weighted by Crippen LogP contribution is -2.64. The predicted molar refractivity (Wildman–Crippen MR) is 195 cm³/mol. The first-order chi connectivity index (χ1) is 24.6. The van der Waals surface area contributed by atoms with Gasteiger partial charge in [0.15, 0.2) is 12.6 Å². The van der Waals surface area contributed by atoms with E-state index in [4.69, 9.17) is 18.9 Å². The third-order valence-corrected chi connectivity index (χ3v) is 16.6.